The molecule has 0 radical (unpaired) electrons. The maximum Gasteiger partial charge on any atom is 0.239 e. The zero-order valence-electron chi connectivity index (χ0n) is 15.1. The average molecular weight is 395 g/mol. The highest BCUT2D eigenvalue weighted by atomic mass is 35.5. The third-order valence-corrected chi connectivity index (χ3v) is 6.52. The van der Waals surface area contributed by atoms with Gasteiger partial charge < -0.3 is 0 Å². The van der Waals surface area contributed by atoms with Crippen LogP contribution in [0.5, 0.6) is 0 Å². The molecule has 0 saturated carbocycles. The number of Topliss-reactive ketones (excluding diaryl/α,β-unsaturated/α-hetero) is 1. The summed E-state index contributed by atoms with van der Waals surface area (Å²) in [5.74, 6) is -1.61. The van der Waals surface area contributed by atoms with Crippen LogP contribution in [0.2, 0.25) is 5.02 Å². The summed E-state index contributed by atoms with van der Waals surface area (Å²) in [5, 5.41) is 0.558. The molecule has 5 rings (SSSR count). The lowest BCUT2D eigenvalue weighted by Gasteiger charge is -2.27. The second-order valence-electron chi connectivity index (χ2n) is 7.66. The van der Waals surface area contributed by atoms with Gasteiger partial charge in [-0.3, -0.25) is 19.3 Å². The summed E-state index contributed by atoms with van der Waals surface area (Å²) in [5.41, 5.74) is 1.10. The molecule has 2 aromatic carbocycles. The zero-order valence-corrected chi connectivity index (χ0v) is 15.9. The molecule has 0 spiro atoms. The van der Waals surface area contributed by atoms with Crippen molar-refractivity contribution in [3.63, 3.8) is 0 Å². The van der Waals surface area contributed by atoms with Gasteiger partial charge in [-0.05, 0) is 55.8 Å². The Labute approximate surface area is 167 Å². The van der Waals surface area contributed by atoms with Crippen LogP contribution >= 0.6 is 11.6 Å². The van der Waals surface area contributed by atoms with E-state index in [4.69, 9.17) is 11.6 Å². The van der Waals surface area contributed by atoms with Crippen molar-refractivity contribution in [3.05, 3.63) is 65.2 Å². The van der Waals surface area contributed by atoms with Gasteiger partial charge in [0.25, 0.3) is 0 Å². The summed E-state index contributed by atoms with van der Waals surface area (Å²) in [7, 11) is 0. The Balaban J connectivity index is 1.55. The van der Waals surface area contributed by atoms with Crippen molar-refractivity contribution in [3.8, 4) is 0 Å². The van der Waals surface area contributed by atoms with Gasteiger partial charge in [0.05, 0.1) is 23.6 Å². The fourth-order valence-electron chi connectivity index (χ4n) is 5.13. The van der Waals surface area contributed by atoms with E-state index in [1.807, 2.05) is 18.2 Å². The van der Waals surface area contributed by atoms with Crippen LogP contribution in [0.4, 0.5) is 5.69 Å². The molecule has 0 N–H and O–H groups in total. The van der Waals surface area contributed by atoms with E-state index in [1.165, 1.54) is 4.90 Å². The number of rotatable bonds is 3. The van der Waals surface area contributed by atoms with Crippen LogP contribution < -0.4 is 4.90 Å². The summed E-state index contributed by atoms with van der Waals surface area (Å²) in [6, 6.07) is 15.1. The second-order valence-corrected chi connectivity index (χ2v) is 8.10. The Hall–Kier alpha value is -2.50. The van der Waals surface area contributed by atoms with Crippen LogP contribution in [0.25, 0.3) is 0 Å². The number of amides is 2. The quantitative estimate of drug-likeness (QED) is 0.592. The molecule has 0 aliphatic carbocycles. The molecular formula is C22H19ClN2O3. The smallest absolute Gasteiger partial charge is 0.239 e. The van der Waals surface area contributed by atoms with Gasteiger partial charge in [-0.2, -0.15) is 0 Å². The van der Waals surface area contributed by atoms with Crippen molar-refractivity contribution in [2.24, 2.45) is 11.8 Å². The predicted octanol–water partition coefficient (Wildman–Crippen LogP) is 3.18. The first kappa shape index (κ1) is 17.6. The number of carbonyl (C=O) groups excluding carboxylic acids is 3. The van der Waals surface area contributed by atoms with E-state index in [1.54, 1.807) is 36.4 Å². The Morgan fingerprint density at radius 1 is 0.929 bits per heavy atom. The molecule has 4 atom stereocenters. The number of benzene rings is 2. The van der Waals surface area contributed by atoms with Gasteiger partial charge in [0.2, 0.25) is 11.8 Å². The van der Waals surface area contributed by atoms with Gasteiger partial charge in [-0.1, -0.05) is 29.8 Å². The third kappa shape index (κ3) is 2.46. The lowest BCUT2D eigenvalue weighted by Crippen LogP contribution is -2.46. The highest BCUT2D eigenvalue weighted by molar-refractivity contribution is 6.30. The fourth-order valence-corrected chi connectivity index (χ4v) is 5.26. The van der Waals surface area contributed by atoms with Crippen molar-refractivity contribution < 1.29 is 14.4 Å². The second kappa shape index (κ2) is 6.54. The molecule has 3 saturated heterocycles. The first-order valence-corrected chi connectivity index (χ1v) is 9.94. The van der Waals surface area contributed by atoms with Crippen LogP contribution in [0, 0.1) is 11.8 Å². The van der Waals surface area contributed by atoms with Crippen molar-refractivity contribution in [1.82, 2.24) is 4.90 Å². The summed E-state index contributed by atoms with van der Waals surface area (Å²) in [4.78, 5) is 43.3. The predicted molar refractivity (Wildman–Crippen MR) is 105 cm³/mol. The molecule has 28 heavy (non-hydrogen) atoms. The van der Waals surface area contributed by atoms with Crippen molar-refractivity contribution >= 4 is 34.9 Å². The summed E-state index contributed by atoms with van der Waals surface area (Å²) in [6.07, 6.45) is 1.78. The number of halogens is 1. The Morgan fingerprint density at radius 2 is 1.61 bits per heavy atom. The Kier molecular flexibility index (Phi) is 4.11. The molecule has 142 valence electrons. The summed E-state index contributed by atoms with van der Waals surface area (Å²) < 4.78 is 0. The van der Waals surface area contributed by atoms with Crippen molar-refractivity contribution in [2.45, 2.75) is 24.9 Å². The SMILES string of the molecule is O=C(c1ccc(Cl)cc1)[C@H]1[C@H]2C(=O)N(c3ccccc3)C(=O)[C@@H]2[C@H]2CCCN21. The molecule has 3 aliphatic heterocycles. The fraction of sp³-hybridized carbons (Fsp3) is 0.318. The molecule has 2 amide bonds. The first-order chi connectivity index (χ1) is 13.6. The number of imide groups is 1. The third-order valence-electron chi connectivity index (χ3n) is 6.26. The first-order valence-electron chi connectivity index (χ1n) is 9.56. The molecule has 2 aromatic rings. The normalized spacial score (nSPS) is 29.2. The number of hydrogen-bond donors (Lipinski definition) is 0. The van der Waals surface area contributed by atoms with E-state index in [0.717, 1.165) is 19.4 Å². The molecule has 0 bridgehead atoms. The molecule has 0 aromatic heterocycles. The standard InChI is InChI=1S/C22H19ClN2O3/c23-14-10-8-13(9-11-14)20(26)19-18-17(16-7-4-12-24(16)19)21(27)25(22(18)28)15-5-2-1-3-6-15/h1-3,5-6,8-11,16-19H,4,7,12H2/t16-,17-,18+,19-/m1/s1. The maximum atomic E-state index is 13.4. The van der Waals surface area contributed by atoms with Gasteiger partial charge in [0.1, 0.15) is 0 Å². The molecule has 3 fully saturated rings. The number of nitrogens with zero attached hydrogens (tertiary/aromatic N) is 2. The van der Waals surface area contributed by atoms with E-state index >= 15 is 0 Å². The lowest BCUT2D eigenvalue weighted by molar-refractivity contribution is -0.123. The highest BCUT2D eigenvalue weighted by Gasteiger charge is 2.64. The van der Waals surface area contributed by atoms with E-state index in [9.17, 15) is 14.4 Å². The van der Waals surface area contributed by atoms with Gasteiger partial charge >= 0.3 is 0 Å². The van der Waals surface area contributed by atoms with Crippen LogP contribution in [-0.2, 0) is 9.59 Å². The summed E-state index contributed by atoms with van der Waals surface area (Å²) >= 11 is 5.96. The Morgan fingerprint density at radius 3 is 2.32 bits per heavy atom. The number of ketones is 1. The minimum Gasteiger partial charge on any atom is -0.292 e. The van der Waals surface area contributed by atoms with Gasteiger partial charge in [-0.15, -0.1) is 0 Å². The maximum absolute atomic E-state index is 13.4. The topological polar surface area (TPSA) is 57.7 Å². The van der Waals surface area contributed by atoms with E-state index in [2.05, 4.69) is 4.90 Å². The largest absolute Gasteiger partial charge is 0.292 e. The highest BCUT2D eigenvalue weighted by Crippen LogP contribution is 2.48. The lowest BCUT2D eigenvalue weighted by atomic mass is 9.85. The van der Waals surface area contributed by atoms with Crippen molar-refractivity contribution in [1.29, 1.82) is 0 Å². The molecule has 5 nitrogen and oxygen atoms in total. The number of hydrogen-bond acceptors (Lipinski definition) is 4. The summed E-state index contributed by atoms with van der Waals surface area (Å²) in [6.45, 7) is 0.744. The minimum atomic E-state index is -0.624. The van der Waals surface area contributed by atoms with Crippen LogP contribution in [0.1, 0.15) is 23.2 Å². The monoisotopic (exact) mass is 394 g/mol. The van der Waals surface area contributed by atoms with Crippen LogP contribution in [0.3, 0.4) is 0 Å². The number of para-hydroxylation sites is 1. The Bertz CT molecular complexity index is 960. The minimum absolute atomic E-state index is 0.0450. The van der Waals surface area contributed by atoms with E-state index in [0.29, 0.717) is 16.3 Å². The zero-order chi connectivity index (χ0) is 19.4. The molecular weight excluding hydrogens is 376 g/mol. The van der Waals surface area contributed by atoms with Gasteiger partial charge in [-0.25, -0.2) is 4.90 Å². The molecule has 3 heterocycles. The van der Waals surface area contributed by atoms with Gasteiger partial charge in [0, 0.05) is 16.6 Å². The number of fused-ring (bicyclic) bond motifs is 3. The van der Waals surface area contributed by atoms with Crippen molar-refractivity contribution in [2.75, 3.05) is 11.4 Å². The number of carbonyl (C=O) groups is 3. The average Bonchev–Trinajstić information content (AvgIpc) is 3.35. The van der Waals surface area contributed by atoms with Crippen LogP contribution in [-0.4, -0.2) is 41.1 Å². The van der Waals surface area contributed by atoms with Crippen LogP contribution in [0.15, 0.2) is 54.6 Å². The molecule has 6 heteroatoms. The van der Waals surface area contributed by atoms with E-state index < -0.39 is 17.9 Å². The molecule has 0 unspecified atom stereocenters. The molecule has 3 aliphatic rings. The van der Waals surface area contributed by atoms with Gasteiger partial charge in [0.15, 0.2) is 5.78 Å². The van der Waals surface area contributed by atoms with E-state index in [-0.39, 0.29) is 23.6 Å². The number of anilines is 1.